The Bertz CT molecular complexity index is 1120. The highest BCUT2D eigenvalue weighted by atomic mass is 32.1. The summed E-state index contributed by atoms with van der Waals surface area (Å²) in [6, 6.07) is 8.45. The van der Waals surface area contributed by atoms with Crippen molar-refractivity contribution in [2.24, 2.45) is 11.8 Å². The first-order valence-corrected chi connectivity index (χ1v) is 14.2. The molecule has 0 bridgehead atoms. The Morgan fingerprint density at radius 3 is 2.51 bits per heavy atom. The third-order valence-corrected chi connectivity index (χ3v) is 9.12. The molecule has 2 heterocycles. The van der Waals surface area contributed by atoms with Crippen LogP contribution >= 0.6 is 11.3 Å². The molecule has 1 aliphatic carbocycles. The predicted octanol–water partition coefficient (Wildman–Crippen LogP) is 2.85. The summed E-state index contributed by atoms with van der Waals surface area (Å²) in [5.74, 6) is 0.0414. The van der Waals surface area contributed by atoms with Crippen molar-refractivity contribution in [2.75, 3.05) is 58.8 Å². The van der Waals surface area contributed by atoms with E-state index >= 15 is 0 Å². The molecule has 1 aromatic carbocycles. The number of thiophene rings is 1. The van der Waals surface area contributed by atoms with Gasteiger partial charge in [0.05, 0.1) is 11.6 Å². The van der Waals surface area contributed by atoms with Crippen LogP contribution in [-0.2, 0) is 30.5 Å². The number of nitrogens with two attached hydrogens (primary N) is 2. The highest BCUT2D eigenvalue weighted by molar-refractivity contribution is 7.16. The largest absolute Gasteiger partial charge is 0.396 e. The van der Waals surface area contributed by atoms with Crippen molar-refractivity contribution in [3.05, 3.63) is 45.8 Å². The number of nitrogens with one attached hydrogen (secondary N) is 1. The van der Waals surface area contributed by atoms with Crippen LogP contribution in [0.5, 0.6) is 0 Å². The Kier molecular flexibility index (Phi) is 8.77. The van der Waals surface area contributed by atoms with Crippen molar-refractivity contribution in [3.8, 4) is 0 Å². The highest BCUT2D eigenvalue weighted by Gasteiger charge is 2.42. The second kappa shape index (κ2) is 11.8. The maximum absolute atomic E-state index is 13.5. The van der Waals surface area contributed by atoms with Gasteiger partial charge in [0.25, 0.3) is 0 Å². The van der Waals surface area contributed by atoms with Gasteiger partial charge in [-0.25, -0.2) is 4.79 Å². The van der Waals surface area contributed by atoms with Crippen molar-refractivity contribution in [1.29, 1.82) is 0 Å². The Balaban J connectivity index is 1.35. The number of benzene rings is 1. The fourth-order valence-electron chi connectivity index (χ4n) is 5.96. The van der Waals surface area contributed by atoms with Crippen LogP contribution < -0.4 is 16.8 Å². The number of urea groups is 1. The highest BCUT2D eigenvalue weighted by Crippen LogP contribution is 2.44. The molecule has 9 heteroatoms. The minimum Gasteiger partial charge on any atom is -0.396 e. The van der Waals surface area contributed by atoms with Crippen LogP contribution in [0, 0.1) is 11.8 Å². The van der Waals surface area contributed by atoms with Crippen LogP contribution in [0.4, 0.5) is 15.5 Å². The standard InChI is InChI=1S/C28H42N6O2S/c1-5-34(28(36)31-12-10-18-8-6-7-9-19(18)11-13-32(2)3)27(35)21-14-20-15-22-24(37-26(30)25(22)29)16-23(20)33(4)17-21/h6-9,20-21,23H,5,10-17,29-30H2,1-4H3,(H,31,36)/t20-,21-,23-/m1/s1. The molecule has 3 atom stereocenters. The lowest BCUT2D eigenvalue weighted by Gasteiger charge is -2.45. The number of rotatable bonds is 8. The van der Waals surface area contributed by atoms with Gasteiger partial charge in [0.15, 0.2) is 0 Å². The van der Waals surface area contributed by atoms with Crippen LogP contribution in [0.15, 0.2) is 24.3 Å². The van der Waals surface area contributed by atoms with Crippen molar-refractivity contribution in [2.45, 2.75) is 45.1 Å². The van der Waals surface area contributed by atoms with Crippen LogP contribution in [0.2, 0.25) is 0 Å². The van der Waals surface area contributed by atoms with Crippen LogP contribution in [0.25, 0.3) is 0 Å². The molecular formula is C28H42N6O2S. The number of imide groups is 1. The van der Waals surface area contributed by atoms with E-state index in [1.54, 1.807) is 11.3 Å². The van der Waals surface area contributed by atoms with E-state index in [0.29, 0.717) is 42.3 Å². The molecular weight excluding hydrogens is 484 g/mol. The predicted molar refractivity (Wildman–Crippen MR) is 152 cm³/mol. The fraction of sp³-hybridized carbons (Fsp3) is 0.571. The van der Waals surface area contributed by atoms with E-state index in [4.69, 9.17) is 11.5 Å². The van der Waals surface area contributed by atoms with Crippen molar-refractivity contribution < 1.29 is 9.59 Å². The zero-order valence-electron chi connectivity index (χ0n) is 22.6. The van der Waals surface area contributed by atoms with Gasteiger partial charge in [-0.05, 0) is 82.8 Å². The molecule has 1 aliphatic heterocycles. The van der Waals surface area contributed by atoms with Gasteiger partial charge in [0, 0.05) is 37.1 Å². The molecule has 8 nitrogen and oxygen atoms in total. The maximum Gasteiger partial charge on any atom is 0.324 e. The molecule has 1 aromatic heterocycles. The molecule has 0 spiro atoms. The topological polar surface area (TPSA) is 108 Å². The molecule has 0 unspecified atom stereocenters. The van der Waals surface area contributed by atoms with Crippen molar-refractivity contribution in [3.63, 3.8) is 0 Å². The number of anilines is 2. The van der Waals surface area contributed by atoms with Crippen LogP contribution in [0.3, 0.4) is 0 Å². The van der Waals surface area contributed by atoms with Gasteiger partial charge in [0.2, 0.25) is 5.91 Å². The Labute approximate surface area is 225 Å². The first-order chi connectivity index (χ1) is 17.7. The van der Waals surface area contributed by atoms with Gasteiger partial charge in [-0.3, -0.25) is 9.69 Å². The van der Waals surface area contributed by atoms with Gasteiger partial charge < -0.3 is 26.6 Å². The summed E-state index contributed by atoms with van der Waals surface area (Å²) in [7, 11) is 6.23. The SMILES string of the molecule is CCN(C(=O)NCCc1ccccc1CCN(C)C)C(=O)[C@@H]1C[C@@H]2Cc3c(sc(N)c3N)C[C@H]2N(C)C1. The minimum absolute atomic E-state index is 0.0831. The molecule has 3 amide bonds. The Morgan fingerprint density at radius 1 is 1.14 bits per heavy atom. The van der Waals surface area contributed by atoms with E-state index in [1.807, 2.05) is 13.0 Å². The van der Waals surface area contributed by atoms with E-state index in [9.17, 15) is 9.59 Å². The smallest absolute Gasteiger partial charge is 0.324 e. The minimum atomic E-state index is -0.302. The van der Waals surface area contributed by atoms with E-state index in [1.165, 1.54) is 26.5 Å². The normalized spacial score (nSPS) is 21.4. The average molecular weight is 527 g/mol. The number of hydrogen-bond acceptors (Lipinski definition) is 7. The summed E-state index contributed by atoms with van der Waals surface area (Å²) in [4.78, 5) is 33.7. The van der Waals surface area contributed by atoms with Crippen molar-refractivity contribution in [1.82, 2.24) is 20.0 Å². The molecule has 0 saturated carbocycles. The van der Waals surface area contributed by atoms with Crippen LogP contribution in [-0.4, -0.2) is 80.0 Å². The van der Waals surface area contributed by atoms with E-state index in [2.05, 4.69) is 54.5 Å². The second-order valence-electron chi connectivity index (χ2n) is 10.8. The molecule has 37 heavy (non-hydrogen) atoms. The summed E-state index contributed by atoms with van der Waals surface area (Å²) in [6.45, 7) is 4.36. The van der Waals surface area contributed by atoms with Crippen molar-refractivity contribution >= 4 is 34.0 Å². The number of piperidine rings is 1. The lowest BCUT2D eigenvalue weighted by molar-refractivity contribution is -0.135. The van der Waals surface area contributed by atoms with Gasteiger partial charge in [-0.1, -0.05) is 24.3 Å². The summed E-state index contributed by atoms with van der Waals surface area (Å²) in [6.07, 6.45) is 4.26. The summed E-state index contributed by atoms with van der Waals surface area (Å²) in [5.41, 5.74) is 16.8. The molecule has 2 aliphatic rings. The number of likely N-dealkylation sites (tertiary alicyclic amines) is 1. The Morgan fingerprint density at radius 2 is 1.84 bits per heavy atom. The quantitative estimate of drug-likeness (QED) is 0.488. The number of carbonyl (C=O) groups excluding carboxylic acids is 2. The lowest BCUT2D eigenvalue weighted by atomic mass is 9.74. The number of likely N-dealkylation sites (N-methyl/N-ethyl adjacent to an activating group) is 2. The zero-order chi connectivity index (χ0) is 26.7. The number of amides is 3. The van der Waals surface area contributed by atoms with Crippen LogP contribution in [0.1, 0.15) is 34.9 Å². The first-order valence-electron chi connectivity index (χ1n) is 13.4. The number of nitrogens with zero attached hydrogens (tertiary/aromatic N) is 3. The van der Waals surface area contributed by atoms with Gasteiger partial charge in [0.1, 0.15) is 5.00 Å². The second-order valence-corrected chi connectivity index (χ2v) is 11.9. The summed E-state index contributed by atoms with van der Waals surface area (Å²) >= 11 is 1.60. The molecule has 202 valence electrons. The van der Waals surface area contributed by atoms with E-state index in [0.717, 1.165) is 38.6 Å². The molecule has 4 rings (SSSR count). The number of nitrogen functional groups attached to an aromatic ring is 2. The first kappa shape index (κ1) is 27.4. The Hall–Kier alpha value is -2.62. The molecule has 1 saturated heterocycles. The maximum atomic E-state index is 13.5. The summed E-state index contributed by atoms with van der Waals surface area (Å²) in [5, 5.41) is 3.70. The summed E-state index contributed by atoms with van der Waals surface area (Å²) < 4.78 is 0. The average Bonchev–Trinajstić information content (AvgIpc) is 3.15. The number of carbonyl (C=O) groups is 2. The molecule has 2 aromatic rings. The molecule has 5 N–H and O–H groups in total. The van der Waals surface area contributed by atoms with Gasteiger partial charge in [-0.2, -0.15) is 0 Å². The van der Waals surface area contributed by atoms with E-state index < -0.39 is 0 Å². The fourth-order valence-corrected chi connectivity index (χ4v) is 7.03. The third kappa shape index (κ3) is 6.10. The number of hydrogen-bond donors (Lipinski definition) is 3. The zero-order valence-corrected chi connectivity index (χ0v) is 23.4. The molecule has 0 radical (unpaired) electrons. The monoisotopic (exact) mass is 526 g/mol. The number of fused-ring (bicyclic) bond motifs is 2. The van der Waals surface area contributed by atoms with Gasteiger partial charge in [-0.15, -0.1) is 11.3 Å². The third-order valence-electron chi connectivity index (χ3n) is 8.02. The lowest BCUT2D eigenvalue weighted by Crippen LogP contribution is -2.55. The van der Waals surface area contributed by atoms with Gasteiger partial charge >= 0.3 is 6.03 Å². The van der Waals surface area contributed by atoms with E-state index in [-0.39, 0.29) is 17.9 Å². The molecule has 1 fully saturated rings.